The van der Waals surface area contributed by atoms with Crippen LogP contribution in [0.25, 0.3) is 0 Å². The lowest BCUT2D eigenvalue weighted by Gasteiger charge is -2.10. The van der Waals surface area contributed by atoms with Gasteiger partial charge in [-0.15, -0.1) is 0 Å². The first-order chi connectivity index (χ1) is 6.76. The third-order valence-corrected chi connectivity index (χ3v) is 2.09. The molecule has 0 saturated carbocycles. The smallest absolute Gasteiger partial charge is 0.118 e. The van der Waals surface area contributed by atoms with Crippen molar-refractivity contribution in [3.05, 3.63) is 29.8 Å². The summed E-state index contributed by atoms with van der Waals surface area (Å²) in [6.45, 7) is 2.62. The van der Waals surface area contributed by atoms with E-state index >= 15 is 0 Å². The van der Waals surface area contributed by atoms with Gasteiger partial charge in [-0.25, -0.2) is 0 Å². The maximum atomic E-state index is 9.28. The molecule has 0 unspecified atom stereocenters. The van der Waals surface area contributed by atoms with Crippen molar-refractivity contribution in [3.63, 3.8) is 0 Å². The van der Waals surface area contributed by atoms with E-state index in [0.29, 0.717) is 6.54 Å². The summed E-state index contributed by atoms with van der Waals surface area (Å²) in [7, 11) is 1.65. The van der Waals surface area contributed by atoms with Gasteiger partial charge in [0.05, 0.1) is 7.11 Å². The number of ether oxygens (including phenoxy) is 1. The summed E-state index contributed by atoms with van der Waals surface area (Å²) in [5, 5.41) is 12.3. The Hall–Kier alpha value is -1.06. The van der Waals surface area contributed by atoms with Gasteiger partial charge in [-0.3, -0.25) is 5.32 Å². The molecular weight excluding hydrogens is 178 g/mol. The van der Waals surface area contributed by atoms with E-state index in [4.69, 9.17) is 4.74 Å². The van der Waals surface area contributed by atoms with Gasteiger partial charge in [0.2, 0.25) is 0 Å². The SMILES string of the molecule is CC[C@H](O)NCc1ccc(OC)cc1. The summed E-state index contributed by atoms with van der Waals surface area (Å²) in [5.41, 5.74) is 1.14. The van der Waals surface area contributed by atoms with Crippen LogP contribution in [-0.2, 0) is 6.54 Å². The van der Waals surface area contributed by atoms with Crippen LogP contribution >= 0.6 is 0 Å². The predicted molar refractivity (Wildman–Crippen MR) is 56.1 cm³/mol. The van der Waals surface area contributed by atoms with Crippen LogP contribution in [-0.4, -0.2) is 18.4 Å². The molecule has 0 aliphatic rings. The molecule has 0 aliphatic heterocycles. The van der Waals surface area contributed by atoms with E-state index in [9.17, 15) is 5.11 Å². The van der Waals surface area contributed by atoms with Gasteiger partial charge in [0.1, 0.15) is 12.0 Å². The zero-order valence-corrected chi connectivity index (χ0v) is 8.66. The number of hydrogen-bond acceptors (Lipinski definition) is 3. The zero-order chi connectivity index (χ0) is 10.4. The number of benzene rings is 1. The predicted octanol–water partition coefficient (Wildman–Crippen LogP) is 1.51. The van der Waals surface area contributed by atoms with Crippen molar-refractivity contribution in [2.45, 2.75) is 26.1 Å². The minimum absolute atomic E-state index is 0.419. The van der Waals surface area contributed by atoms with E-state index in [1.807, 2.05) is 31.2 Å². The number of methoxy groups -OCH3 is 1. The topological polar surface area (TPSA) is 41.5 Å². The first-order valence-corrected chi connectivity index (χ1v) is 4.80. The molecule has 0 aromatic heterocycles. The van der Waals surface area contributed by atoms with Crippen molar-refractivity contribution in [2.75, 3.05) is 7.11 Å². The van der Waals surface area contributed by atoms with E-state index in [-0.39, 0.29) is 0 Å². The molecule has 1 atom stereocenters. The van der Waals surface area contributed by atoms with Gasteiger partial charge in [0.25, 0.3) is 0 Å². The Morgan fingerprint density at radius 2 is 2.00 bits per heavy atom. The molecule has 3 heteroatoms. The Labute approximate surface area is 84.7 Å². The third kappa shape index (κ3) is 3.36. The van der Waals surface area contributed by atoms with Crippen LogP contribution in [0.1, 0.15) is 18.9 Å². The van der Waals surface area contributed by atoms with Crippen LogP contribution in [0.3, 0.4) is 0 Å². The molecule has 0 amide bonds. The number of hydrogen-bond donors (Lipinski definition) is 2. The normalized spacial score (nSPS) is 12.5. The molecule has 0 spiro atoms. The molecule has 1 rings (SSSR count). The van der Waals surface area contributed by atoms with Crippen LogP contribution < -0.4 is 10.1 Å². The Morgan fingerprint density at radius 1 is 1.36 bits per heavy atom. The molecule has 0 saturated heterocycles. The minimum atomic E-state index is -0.419. The minimum Gasteiger partial charge on any atom is -0.497 e. The van der Waals surface area contributed by atoms with Crippen molar-refractivity contribution in [3.8, 4) is 5.75 Å². The summed E-state index contributed by atoms with van der Waals surface area (Å²) in [6, 6.07) is 7.78. The number of aliphatic hydroxyl groups excluding tert-OH is 1. The lowest BCUT2D eigenvalue weighted by Crippen LogP contribution is -2.27. The molecule has 1 aromatic carbocycles. The summed E-state index contributed by atoms with van der Waals surface area (Å²) in [6.07, 6.45) is 0.299. The molecule has 0 heterocycles. The third-order valence-electron chi connectivity index (χ3n) is 2.09. The molecule has 0 fully saturated rings. The highest BCUT2D eigenvalue weighted by Crippen LogP contribution is 2.10. The second-order valence-electron chi connectivity index (χ2n) is 3.15. The van der Waals surface area contributed by atoms with Gasteiger partial charge in [0.15, 0.2) is 0 Å². The largest absolute Gasteiger partial charge is 0.497 e. The molecule has 0 aliphatic carbocycles. The maximum Gasteiger partial charge on any atom is 0.118 e. The fourth-order valence-corrected chi connectivity index (χ4v) is 1.12. The zero-order valence-electron chi connectivity index (χ0n) is 8.66. The van der Waals surface area contributed by atoms with Crippen molar-refractivity contribution in [2.24, 2.45) is 0 Å². The quantitative estimate of drug-likeness (QED) is 0.700. The van der Waals surface area contributed by atoms with Gasteiger partial charge in [-0.2, -0.15) is 0 Å². The van der Waals surface area contributed by atoms with Crippen LogP contribution in [0.15, 0.2) is 24.3 Å². The highest BCUT2D eigenvalue weighted by molar-refractivity contribution is 5.26. The van der Waals surface area contributed by atoms with E-state index in [1.165, 1.54) is 0 Å². The second-order valence-corrected chi connectivity index (χ2v) is 3.15. The standard InChI is InChI=1S/C11H17NO2/c1-3-11(13)12-8-9-4-6-10(14-2)7-5-9/h4-7,11-13H,3,8H2,1-2H3/t11-/m0/s1. The van der Waals surface area contributed by atoms with Gasteiger partial charge >= 0.3 is 0 Å². The van der Waals surface area contributed by atoms with E-state index in [1.54, 1.807) is 7.11 Å². The molecule has 1 aromatic rings. The lowest BCUT2D eigenvalue weighted by molar-refractivity contribution is 0.131. The molecular formula is C11H17NO2. The van der Waals surface area contributed by atoms with Crippen LogP contribution in [0.2, 0.25) is 0 Å². The van der Waals surface area contributed by atoms with E-state index in [0.717, 1.165) is 17.7 Å². The van der Waals surface area contributed by atoms with Crippen LogP contribution in [0.5, 0.6) is 5.75 Å². The van der Waals surface area contributed by atoms with Crippen molar-refractivity contribution in [1.82, 2.24) is 5.32 Å². The highest BCUT2D eigenvalue weighted by atomic mass is 16.5. The lowest BCUT2D eigenvalue weighted by atomic mass is 10.2. The molecule has 78 valence electrons. The summed E-state index contributed by atoms with van der Waals surface area (Å²) >= 11 is 0. The number of aliphatic hydroxyl groups is 1. The summed E-state index contributed by atoms with van der Waals surface area (Å²) < 4.78 is 5.05. The highest BCUT2D eigenvalue weighted by Gasteiger charge is 1.99. The average Bonchev–Trinajstić information content (AvgIpc) is 2.26. The Balaban J connectivity index is 2.43. The molecule has 3 nitrogen and oxygen atoms in total. The number of nitrogens with one attached hydrogen (secondary N) is 1. The van der Waals surface area contributed by atoms with E-state index < -0.39 is 6.23 Å². The molecule has 0 bridgehead atoms. The summed E-state index contributed by atoms with van der Waals surface area (Å²) in [4.78, 5) is 0. The van der Waals surface area contributed by atoms with Crippen molar-refractivity contribution < 1.29 is 9.84 Å². The van der Waals surface area contributed by atoms with Gasteiger partial charge < -0.3 is 9.84 Å². The van der Waals surface area contributed by atoms with Crippen LogP contribution in [0, 0.1) is 0 Å². The fraction of sp³-hybridized carbons (Fsp3) is 0.455. The first-order valence-electron chi connectivity index (χ1n) is 4.80. The maximum absolute atomic E-state index is 9.28. The molecule has 2 N–H and O–H groups in total. The second kappa shape index (κ2) is 5.62. The van der Waals surface area contributed by atoms with Crippen molar-refractivity contribution >= 4 is 0 Å². The Kier molecular flexibility index (Phi) is 4.43. The van der Waals surface area contributed by atoms with Gasteiger partial charge in [-0.05, 0) is 24.1 Å². The average molecular weight is 195 g/mol. The first kappa shape index (κ1) is 11.0. The Morgan fingerprint density at radius 3 is 2.50 bits per heavy atom. The molecule has 14 heavy (non-hydrogen) atoms. The molecule has 0 radical (unpaired) electrons. The monoisotopic (exact) mass is 195 g/mol. The van der Waals surface area contributed by atoms with Crippen molar-refractivity contribution in [1.29, 1.82) is 0 Å². The van der Waals surface area contributed by atoms with E-state index in [2.05, 4.69) is 5.32 Å². The fourth-order valence-electron chi connectivity index (χ4n) is 1.12. The number of rotatable bonds is 5. The Bertz CT molecular complexity index is 258. The summed E-state index contributed by atoms with van der Waals surface area (Å²) in [5.74, 6) is 0.852. The van der Waals surface area contributed by atoms with Gasteiger partial charge in [0, 0.05) is 6.54 Å². The van der Waals surface area contributed by atoms with Crippen LogP contribution in [0.4, 0.5) is 0 Å². The van der Waals surface area contributed by atoms with Gasteiger partial charge in [-0.1, -0.05) is 19.1 Å².